The minimum atomic E-state index is -1.49. The third-order valence-corrected chi connectivity index (χ3v) is 2.89. The van der Waals surface area contributed by atoms with Crippen LogP contribution < -0.4 is 0 Å². The summed E-state index contributed by atoms with van der Waals surface area (Å²) in [6.45, 7) is 2.22. The fourth-order valence-electron chi connectivity index (χ4n) is 1.48. The first-order valence-electron chi connectivity index (χ1n) is 5.70. The van der Waals surface area contributed by atoms with Gasteiger partial charge in [-0.05, 0) is 29.0 Å². The largest absolute Gasteiger partial charge is 0.358 e. The topological polar surface area (TPSA) is 40.5 Å². The predicted octanol–water partition coefficient (Wildman–Crippen LogP) is 3.59. The molecule has 2 nitrogen and oxygen atoms in total. The standard InChI is InChI=1S/C11H23IO2/c1-2-3-4-5-6-7-8-9-10-11(12,13)14/h13-14H,2-10H2,1H3. The fourth-order valence-corrected chi connectivity index (χ4v) is 1.87. The number of hydrogen-bond donors (Lipinski definition) is 2. The van der Waals surface area contributed by atoms with Crippen LogP contribution in [0.1, 0.15) is 64.7 Å². The van der Waals surface area contributed by atoms with Crippen molar-refractivity contribution in [1.29, 1.82) is 0 Å². The van der Waals surface area contributed by atoms with Gasteiger partial charge >= 0.3 is 0 Å². The van der Waals surface area contributed by atoms with Gasteiger partial charge in [-0.2, -0.15) is 0 Å². The van der Waals surface area contributed by atoms with E-state index in [1.165, 1.54) is 38.5 Å². The number of halogens is 1. The Labute approximate surface area is 101 Å². The molecule has 0 fully saturated rings. The molecule has 0 bridgehead atoms. The maximum absolute atomic E-state index is 9.03. The Morgan fingerprint density at radius 3 is 1.71 bits per heavy atom. The Morgan fingerprint density at radius 1 is 0.857 bits per heavy atom. The van der Waals surface area contributed by atoms with Crippen LogP contribution in [0.15, 0.2) is 0 Å². The molecule has 0 saturated heterocycles. The molecule has 0 radical (unpaired) electrons. The highest BCUT2D eigenvalue weighted by Crippen LogP contribution is 2.19. The number of hydrogen-bond acceptors (Lipinski definition) is 2. The molecule has 0 atom stereocenters. The Hall–Kier alpha value is 0.650. The van der Waals surface area contributed by atoms with Crippen molar-refractivity contribution in [2.45, 2.75) is 68.5 Å². The Bertz CT molecular complexity index is 121. The predicted molar refractivity (Wildman–Crippen MR) is 68.4 cm³/mol. The maximum atomic E-state index is 9.03. The van der Waals surface area contributed by atoms with Gasteiger partial charge in [-0.25, -0.2) is 0 Å². The van der Waals surface area contributed by atoms with Crippen molar-refractivity contribution in [1.82, 2.24) is 0 Å². The zero-order chi connectivity index (χ0) is 10.9. The number of rotatable bonds is 9. The van der Waals surface area contributed by atoms with Crippen LogP contribution in [0, 0.1) is 0 Å². The van der Waals surface area contributed by atoms with Crippen molar-refractivity contribution in [3.05, 3.63) is 0 Å². The molecule has 0 amide bonds. The van der Waals surface area contributed by atoms with Gasteiger partial charge in [0.05, 0.1) is 0 Å². The molecule has 0 saturated carbocycles. The molecule has 2 N–H and O–H groups in total. The van der Waals surface area contributed by atoms with Gasteiger partial charge in [0.2, 0.25) is 3.79 Å². The van der Waals surface area contributed by atoms with Crippen molar-refractivity contribution in [3.8, 4) is 0 Å². The summed E-state index contributed by atoms with van der Waals surface area (Å²) in [7, 11) is 0. The van der Waals surface area contributed by atoms with Gasteiger partial charge < -0.3 is 10.2 Å². The summed E-state index contributed by atoms with van der Waals surface area (Å²) >= 11 is 1.67. The van der Waals surface area contributed by atoms with Gasteiger partial charge in [-0.1, -0.05) is 51.9 Å². The lowest BCUT2D eigenvalue weighted by Crippen LogP contribution is -2.17. The summed E-state index contributed by atoms with van der Waals surface area (Å²) in [4.78, 5) is 0. The average Bonchev–Trinajstić information content (AvgIpc) is 2.08. The lowest BCUT2D eigenvalue weighted by atomic mass is 10.1. The number of alkyl halides is 1. The van der Waals surface area contributed by atoms with E-state index in [9.17, 15) is 0 Å². The minimum Gasteiger partial charge on any atom is -0.358 e. The molecule has 0 aliphatic rings. The fraction of sp³-hybridized carbons (Fsp3) is 1.00. The average molecular weight is 314 g/mol. The lowest BCUT2D eigenvalue weighted by molar-refractivity contribution is -0.0648. The molecule has 0 aromatic heterocycles. The van der Waals surface area contributed by atoms with E-state index in [2.05, 4.69) is 6.92 Å². The number of aliphatic hydroxyl groups is 2. The second-order valence-electron chi connectivity index (χ2n) is 3.94. The first kappa shape index (κ1) is 14.6. The molecule has 3 heteroatoms. The van der Waals surface area contributed by atoms with Crippen molar-refractivity contribution in [2.24, 2.45) is 0 Å². The van der Waals surface area contributed by atoms with E-state index in [0.717, 1.165) is 12.8 Å². The molecule has 0 aliphatic carbocycles. The van der Waals surface area contributed by atoms with Crippen LogP contribution in [0.5, 0.6) is 0 Å². The van der Waals surface area contributed by atoms with E-state index >= 15 is 0 Å². The van der Waals surface area contributed by atoms with Gasteiger partial charge in [0.25, 0.3) is 0 Å². The SMILES string of the molecule is CCCCCCCCCCC(O)(O)I. The third kappa shape index (κ3) is 12.7. The van der Waals surface area contributed by atoms with Crippen LogP contribution in [0.4, 0.5) is 0 Å². The van der Waals surface area contributed by atoms with Gasteiger partial charge in [0.1, 0.15) is 0 Å². The van der Waals surface area contributed by atoms with Gasteiger partial charge in [-0.3, -0.25) is 0 Å². The van der Waals surface area contributed by atoms with Crippen molar-refractivity contribution >= 4 is 22.6 Å². The van der Waals surface area contributed by atoms with Crippen LogP contribution in [-0.4, -0.2) is 14.0 Å². The van der Waals surface area contributed by atoms with E-state index < -0.39 is 3.79 Å². The molecule has 0 aliphatic heterocycles. The van der Waals surface area contributed by atoms with Crippen LogP contribution in [0.2, 0.25) is 0 Å². The molecule has 14 heavy (non-hydrogen) atoms. The van der Waals surface area contributed by atoms with Gasteiger partial charge in [0.15, 0.2) is 0 Å². The molecule has 0 unspecified atom stereocenters. The van der Waals surface area contributed by atoms with Crippen molar-refractivity contribution in [3.63, 3.8) is 0 Å². The first-order valence-corrected chi connectivity index (χ1v) is 6.78. The van der Waals surface area contributed by atoms with Crippen molar-refractivity contribution < 1.29 is 10.2 Å². The second-order valence-corrected chi connectivity index (χ2v) is 5.67. The van der Waals surface area contributed by atoms with Crippen LogP contribution in [0.3, 0.4) is 0 Å². The molecule has 0 aromatic rings. The summed E-state index contributed by atoms with van der Waals surface area (Å²) in [5.41, 5.74) is 0. The normalized spacial score (nSPS) is 12.0. The first-order chi connectivity index (χ1) is 6.56. The van der Waals surface area contributed by atoms with Crippen molar-refractivity contribution in [2.75, 3.05) is 0 Å². The van der Waals surface area contributed by atoms with Gasteiger partial charge in [0, 0.05) is 6.42 Å². The highest BCUT2D eigenvalue weighted by molar-refractivity contribution is 14.1. The molecular formula is C11H23IO2. The molecular weight excluding hydrogens is 291 g/mol. The van der Waals surface area contributed by atoms with Crippen LogP contribution in [0.25, 0.3) is 0 Å². The zero-order valence-corrected chi connectivity index (χ0v) is 11.3. The Morgan fingerprint density at radius 2 is 1.29 bits per heavy atom. The second kappa shape index (κ2) is 8.92. The lowest BCUT2D eigenvalue weighted by Gasteiger charge is -2.12. The van der Waals surface area contributed by atoms with E-state index in [1.54, 1.807) is 22.6 Å². The molecule has 86 valence electrons. The smallest absolute Gasteiger partial charge is 0.216 e. The van der Waals surface area contributed by atoms with Crippen LogP contribution >= 0.6 is 22.6 Å². The molecule has 0 spiro atoms. The summed E-state index contributed by atoms with van der Waals surface area (Å²) in [6, 6.07) is 0. The molecule has 0 aromatic carbocycles. The summed E-state index contributed by atoms with van der Waals surface area (Å²) in [6.07, 6.45) is 10.4. The van der Waals surface area contributed by atoms with E-state index in [1.807, 2.05) is 0 Å². The number of unbranched alkanes of at least 4 members (excludes halogenated alkanes) is 7. The molecule has 0 rings (SSSR count). The highest BCUT2D eigenvalue weighted by Gasteiger charge is 2.15. The van der Waals surface area contributed by atoms with E-state index in [0.29, 0.717) is 6.42 Å². The highest BCUT2D eigenvalue weighted by atomic mass is 127. The zero-order valence-electron chi connectivity index (χ0n) is 9.14. The summed E-state index contributed by atoms with van der Waals surface area (Å²) in [5.74, 6) is 0. The third-order valence-electron chi connectivity index (χ3n) is 2.35. The maximum Gasteiger partial charge on any atom is 0.216 e. The Kier molecular flexibility index (Phi) is 9.33. The van der Waals surface area contributed by atoms with E-state index in [-0.39, 0.29) is 0 Å². The van der Waals surface area contributed by atoms with Crippen LogP contribution in [-0.2, 0) is 0 Å². The monoisotopic (exact) mass is 314 g/mol. The summed E-state index contributed by atoms with van der Waals surface area (Å²) in [5, 5.41) is 18.1. The van der Waals surface area contributed by atoms with E-state index in [4.69, 9.17) is 10.2 Å². The Balaban J connectivity index is 2.99. The molecule has 0 heterocycles. The minimum absolute atomic E-state index is 0.489. The summed E-state index contributed by atoms with van der Waals surface area (Å²) < 4.78 is -1.49. The van der Waals surface area contributed by atoms with Gasteiger partial charge in [-0.15, -0.1) is 0 Å². The quantitative estimate of drug-likeness (QED) is 0.295.